The lowest BCUT2D eigenvalue weighted by Gasteiger charge is -2.28. The number of hydrogen-bond acceptors (Lipinski definition) is 5. The van der Waals surface area contributed by atoms with Crippen LogP contribution in [0.15, 0.2) is 28.1 Å². The van der Waals surface area contributed by atoms with Crippen molar-refractivity contribution in [1.82, 2.24) is 5.32 Å². The second-order valence-corrected chi connectivity index (χ2v) is 7.61. The molecule has 2 aliphatic rings. The molecule has 8 heteroatoms. The smallest absolute Gasteiger partial charge is 0.238 e. The molecule has 1 aromatic rings. The summed E-state index contributed by atoms with van der Waals surface area (Å²) >= 11 is 1.31. The third kappa shape index (κ3) is 2.97. The first kappa shape index (κ1) is 14.6. The van der Waals surface area contributed by atoms with Crippen LogP contribution in [0.5, 0.6) is 0 Å². The Hall–Kier alpha value is -1.38. The van der Waals surface area contributed by atoms with E-state index in [1.165, 1.54) is 17.8 Å². The van der Waals surface area contributed by atoms with Crippen molar-refractivity contribution in [3.05, 3.63) is 23.8 Å². The summed E-state index contributed by atoms with van der Waals surface area (Å²) in [6.45, 7) is 0. The molecule has 1 saturated carbocycles. The number of benzene rings is 1. The lowest BCUT2D eigenvalue weighted by atomic mass is 9.79. The van der Waals surface area contributed by atoms with E-state index >= 15 is 0 Å². The van der Waals surface area contributed by atoms with Crippen LogP contribution in [-0.2, 0) is 14.8 Å². The van der Waals surface area contributed by atoms with Crippen LogP contribution >= 0.6 is 11.8 Å². The molecule has 2 fully saturated rings. The number of amides is 1. The lowest BCUT2D eigenvalue weighted by Crippen LogP contribution is -2.21. The number of amidine groups is 1. The van der Waals surface area contributed by atoms with Gasteiger partial charge in [0.15, 0.2) is 5.17 Å². The molecule has 0 bridgehead atoms. The zero-order valence-corrected chi connectivity index (χ0v) is 12.8. The Balaban J connectivity index is 2.09. The molecule has 21 heavy (non-hydrogen) atoms. The highest BCUT2D eigenvalue weighted by Crippen LogP contribution is 2.44. The molecule has 6 nitrogen and oxygen atoms in total. The summed E-state index contributed by atoms with van der Waals surface area (Å²) in [5.74, 6) is 0.416. The highest BCUT2D eigenvalue weighted by Gasteiger charge is 2.29. The number of sulfonamides is 1. The summed E-state index contributed by atoms with van der Waals surface area (Å²) in [4.78, 5) is 15.8. The number of carbonyl (C=O) groups excluding carboxylic acids is 1. The lowest BCUT2D eigenvalue weighted by molar-refractivity contribution is -0.116. The average molecular weight is 325 g/mol. The summed E-state index contributed by atoms with van der Waals surface area (Å²) in [5.41, 5.74) is 1.26. The van der Waals surface area contributed by atoms with Gasteiger partial charge >= 0.3 is 0 Å². The molecular formula is C13H15N3O3S2. The number of hydrogen-bond donors (Lipinski definition) is 2. The number of carbonyl (C=O) groups is 1. The SMILES string of the molecule is NS(=O)(=O)c1cccc(N=C2NC(=O)CS2)c1C1CCC1. The Morgan fingerprint density at radius 2 is 2.10 bits per heavy atom. The fourth-order valence-corrected chi connectivity index (χ4v) is 4.02. The molecule has 1 aliphatic carbocycles. The molecule has 0 spiro atoms. The van der Waals surface area contributed by atoms with Crippen LogP contribution < -0.4 is 10.5 Å². The Morgan fingerprint density at radius 1 is 1.33 bits per heavy atom. The summed E-state index contributed by atoms with van der Waals surface area (Å²) in [5, 5.41) is 8.48. The molecule has 0 unspecified atom stereocenters. The second kappa shape index (κ2) is 5.43. The molecular weight excluding hydrogens is 310 g/mol. The predicted molar refractivity (Wildman–Crippen MR) is 82.1 cm³/mol. The van der Waals surface area contributed by atoms with Crippen molar-refractivity contribution in [2.75, 3.05) is 5.75 Å². The standard InChI is InChI=1S/C13H15N3O3S2/c14-21(18,19)10-6-2-5-9(12(10)8-3-1-4-8)15-13-16-11(17)7-20-13/h2,5-6,8H,1,3-4,7H2,(H2,14,18,19)(H,15,16,17). The summed E-state index contributed by atoms with van der Waals surface area (Å²) in [7, 11) is -3.78. The van der Waals surface area contributed by atoms with Gasteiger partial charge in [-0.25, -0.2) is 18.5 Å². The van der Waals surface area contributed by atoms with Gasteiger partial charge in [0.1, 0.15) is 0 Å². The van der Waals surface area contributed by atoms with Gasteiger partial charge in [0.05, 0.1) is 16.3 Å². The first-order valence-electron chi connectivity index (χ1n) is 6.62. The van der Waals surface area contributed by atoms with Crippen molar-refractivity contribution in [2.24, 2.45) is 10.1 Å². The Morgan fingerprint density at radius 3 is 2.62 bits per heavy atom. The van der Waals surface area contributed by atoms with E-state index in [0.29, 0.717) is 22.2 Å². The van der Waals surface area contributed by atoms with E-state index in [2.05, 4.69) is 10.3 Å². The van der Waals surface area contributed by atoms with E-state index in [0.717, 1.165) is 19.3 Å². The number of thioether (sulfide) groups is 1. The monoisotopic (exact) mass is 325 g/mol. The van der Waals surface area contributed by atoms with Crippen molar-refractivity contribution in [3.8, 4) is 0 Å². The largest absolute Gasteiger partial charge is 0.304 e. The van der Waals surface area contributed by atoms with Crippen LogP contribution in [0.1, 0.15) is 30.7 Å². The van der Waals surface area contributed by atoms with E-state index in [4.69, 9.17) is 5.14 Å². The Kier molecular flexibility index (Phi) is 3.76. The molecule has 3 N–H and O–H groups in total. The number of rotatable bonds is 3. The maximum atomic E-state index is 11.8. The quantitative estimate of drug-likeness (QED) is 0.878. The molecule has 3 rings (SSSR count). The molecule has 1 heterocycles. The maximum absolute atomic E-state index is 11.8. The van der Waals surface area contributed by atoms with Gasteiger partial charge in [0.2, 0.25) is 15.9 Å². The minimum atomic E-state index is -3.78. The van der Waals surface area contributed by atoms with E-state index in [9.17, 15) is 13.2 Å². The van der Waals surface area contributed by atoms with Gasteiger partial charge in [-0.1, -0.05) is 24.2 Å². The number of nitrogens with zero attached hydrogens (tertiary/aromatic N) is 1. The van der Waals surface area contributed by atoms with Crippen LogP contribution in [0, 0.1) is 0 Å². The molecule has 1 aromatic carbocycles. The van der Waals surface area contributed by atoms with Crippen molar-refractivity contribution in [1.29, 1.82) is 0 Å². The van der Waals surface area contributed by atoms with Gasteiger partial charge in [-0.3, -0.25) is 4.79 Å². The van der Waals surface area contributed by atoms with Crippen LogP contribution in [0.2, 0.25) is 0 Å². The molecule has 0 aromatic heterocycles. The summed E-state index contributed by atoms with van der Waals surface area (Å²) < 4.78 is 23.6. The highest BCUT2D eigenvalue weighted by molar-refractivity contribution is 8.15. The van der Waals surface area contributed by atoms with Crippen LogP contribution in [-0.4, -0.2) is 25.2 Å². The first-order valence-corrected chi connectivity index (χ1v) is 9.15. The highest BCUT2D eigenvalue weighted by atomic mass is 32.2. The minimum absolute atomic E-state index is 0.0912. The van der Waals surface area contributed by atoms with Crippen molar-refractivity contribution < 1.29 is 13.2 Å². The van der Waals surface area contributed by atoms with Gasteiger partial charge < -0.3 is 5.32 Å². The number of aliphatic imine (C=N–C) groups is 1. The van der Waals surface area contributed by atoms with Crippen LogP contribution in [0.4, 0.5) is 5.69 Å². The number of nitrogens with two attached hydrogens (primary N) is 1. The third-order valence-corrected chi connectivity index (χ3v) is 5.51. The second-order valence-electron chi connectivity index (χ2n) is 5.12. The molecule has 1 amide bonds. The van der Waals surface area contributed by atoms with Gasteiger partial charge in [0.25, 0.3) is 0 Å². The Bertz CT molecular complexity index is 724. The van der Waals surface area contributed by atoms with E-state index in [1.807, 2.05) is 0 Å². The third-order valence-electron chi connectivity index (χ3n) is 3.67. The van der Waals surface area contributed by atoms with Crippen molar-refractivity contribution in [2.45, 2.75) is 30.1 Å². The normalized spacial score (nSPS) is 21.4. The molecule has 1 aliphatic heterocycles. The number of primary sulfonamides is 1. The maximum Gasteiger partial charge on any atom is 0.238 e. The van der Waals surface area contributed by atoms with Crippen molar-refractivity contribution in [3.63, 3.8) is 0 Å². The van der Waals surface area contributed by atoms with Crippen molar-refractivity contribution >= 4 is 38.5 Å². The van der Waals surface area contributed by atoms with E-state index in [1.54, 1.807) is 12.1 Å². The Labute approximate surface area is 127 Å². The number of nitrogens with one attached hydrogen (secondary N) is 1. The zero-order valence-electron chi connectivity index (χ0n) is 11.2. The minimum Gasteiger partial charge on any atom is -0.304 e. The fourth-order valence-electron chi connectivity index (χ4n) is 2.48. The molecule has 0 radical (unpaired) electrons. The average Bonchev–Trinajstić information content (AvgIpc) is 2.73. The summed E-state index contributed by atoms with van der Waals surface area (Å²) in [6, 6.07) is 4.91. The fraction of sp³-hybridized carbons (Fsp3) is 0.385. The van der Waals surface area contributed by atoms with Crippen LogP contribution in [0.3, 0.4) is 0 Å². The molecule has 1 saturated heterocycles. The molecule has 112 valence electrons. The van der Waals surface area contributed by atoms with Gasteiger partial charge in [-0.2, -0.15) is 0 Å². The first-order chi connectivity index (χ1) is 9.95. The van der Waals surface area contributed by atoms with Gasteiger partial charge in [-0.05, 0) is 30.9 Å². The van der Waals surface area contributed by atoms with E-state index in [-0.39, 0.29) is 16.7 Å². The topological polar surface area (TPSA) is 102 Å². The van der Waals surface area contributed by atoms with Gasteiger partial charge in [-0.15, -0.1) is 0 Å². The summed E-state index contributed by atoms with van der Waals surface area (Å²) in [6.07, 6.45) is 2.94. The van der Waals surface area contributed by atoms with Gasteiger partial charge in [0, 0.05) is 5.56 Å². The van der Waals surface area contributed by atoms with E-state index < -0.39 is 10.0 Å². The zero-order chi connectivity index (χ0) is 15.0. The molecule has 0 atom stereocenters. The predicted octanol–water partition coefficient (Wildman–Crippen LogP) is 1.45. The van der Waals surface area contributed by atoms with Crippen LogP contribution in [0.25, 0.3) is 0 Å².